The maximum atomic E-state index is 11.3. The number of hydrogen-bond acceptors (Lipinski definition) is 10. The molecule has 0 atom stereocenters. The Morgan fingerprint density at radius 2 is 1.50 bits per heavy atom. The smallest absolute Gasteiger partial charge is 1.00 e. The largest absolute Gasteiger partial charge is 1.00 e. The van der Waals surface area contributed by atoms with Crippen molar-refractivity contribution in [2.75, 3.05) is 10.6 Å². The van der Waals surface area contributed by atoms with Crippen molar-refractivity contribution in [3.05, 3.63) is 22.1 Å². The van der Waals surface area contributed by atoms with Crippen LogP contribution in [0.2, 0.25) is 0 Å². The van der Waals surface area contributed by atoms with Crippen LogP contribution in [0.3, 0.4) is 0 Å². The molecular weight excluding hydrogens is 466 g/mol. The van der Waals surface area contributed by atoms with E-state index >= 15 is 0 Å². The number of aldehydes is 1. The summed E-state index contributed by atoms with van der Waals surface area (Å²) in [4.78, 5) is 41.2. The van der Waals surface area contributed by atoms with Gasteiger partial charge in [-0.1, -0.05) is 22.7 Å². The van der Waals surface area contributed by atoms with E-state index in [1.807, 2.05) is 0 Å². The van der Waals surface area contributed by atoms with Crippen molar-refractivity contribution < 1.29 is 62.7 Å². The van der Waals surface area contributed by atoms with Crippen LogP contribution < -0.4 is 40.2 Å². The van der Waals surface area contributed by atoms with Crippen molar-refractivity contribution in [2.24, 2.45) is 0 Å². The van der Waals surface area contributed by atoms with Crippen molar-refractivity contribution in [3.8, 4) is 0 Å². The van der Waals surface area contributed by atoms with Crippen LogP contribution >= 0.6 is 22.7 Å². The number of carbonyl (C=O) groups excluding carboxylic acids is 3. The number of rotatable bonds is 4. The summed E-state index contributed by atoms with van der Waals surface area (Å²) >= 11 is 1.99. The minimum Gasteiger partial charge on any atom is -1.00 e. The summed E-state index contributed by atoms with van der Waals surface area (Å²) in [7, 11) is 0. The Balaban J connectivity index is -0.000000539. The van der Waals surface area contributed by atoms with Crippen molar-refractivity contribution >= 4 is 59.8 Å². The normalized spacial score (nSPS) is 11.2. The number of anilines is 2. The van der Waals surface area contributed by atoms with Crippen LogP contribution in [0.25, 0.3) is 0 Å². The molecule has 2 aromatic rings. The molecule has 0 bridgehead atoms. The van der Waals surface area contributed by atoms with E-state index in [2.05, 4.69) is 20.6 Å². The molecule has 0 spiro atoms. The van der Waals surface area contributed by atoms with Gasteiger partial charge in [-0.3, -0.25) is 15.4 Å². The quantitative estimate of drug-likeness (QED) is 0.422. The summed E-state index contributed by atoms with van der Waals surface area (Å²) in [5.41, 5.74) is -1.18. The predicted molar refractivity (Wildman–Crippen MR) is 122 cm³/mol. The third-order valence-electron chi connectivity index (χ3n) is 2.44. The second-order valence-electron chi connectivity index (χ2n) is 7.58. The maximum Gasteiger partial charge on any atom is 1.00 e. The van der Waals surface area contributed by atoms with Gasteiger partial charge >= 0.3 is 41.7 Å². The average Bonchev–Trinajstić information content (AvgIpc) is 3.13. The Morgan fingerprint density at radius 1 is 1.06 bits per heavy atom. The molecule has 2 rings (SSSR count). The number of aliphatic hydroxyl groups excluding tert-OH is 1. The molecule has 0 saturated heterocycles. The van der Waals surface area contributed by atoms with Crippen molar-refractivity contribution in [1.29, 1.82) is 0 Å². The van der Waals surface area contributed by atoms with Crippen molar-refractivity contribution in [3.63, 3.8) is 0 Å². The van der Waals surface area contributed by atoms with Gasteiger partial charge in [0.2, 0.25) is 0 Å². The minimum absolute atomic E-state index is 0. The molecule has 0 aliphatic rings. The van der Waals surface area contributed by atoms with Gasteiger partial charge in [-0.05, 0) is 41.5 Å². The van der Waals surface area contributed by atoms with E-state index in [1.54, 1.807) is 41.5 Å². The number of ether oxygens (including phenoxy) is 2. The first-order valence-corrected chi connectivity index (χ1v) is 10.3. The van der Waals surface area contributed by atoms with E-state index in [9.17, 15) is 14.4 Å². The Bertz CT molecular complexity index is 967. The van der Waals surface area contributed by atoms with Gasteiger partial charge in [0.05, 0.1) is 25.3 Å². The van der Waals surface area contributed by atoms with Crippen LogP contribution in [-0.4, -0.2) is 53.2 Å². The fourth-order valence-corrected chi connectivity index (χ4v) is 2.73. The summed E-state index contributed by atoms with van der Waals surface area (Å²) in [6.45, 7) is 10.2. The molecule has 2 aromatic heterocycles. The first-order chi connectivity index (χ1) is 14.6. The number of amides is 2. The first-order valence-electron chi connectivity index (χ1n) is 9.63. The number of carbonyl (C=O) groups is 3. The van der Waals surface area contributed by atoms with E-state index in [0.717, 1.165) is 22.7 Å². The van der Waals surface area contributed by atoms with Crippen LogP contribution in [0, 0.1) is 0 Å². The van der Waals surface area contributed by atoms with E-state index in [0.29, 0.717) is 11.2 Å². The van der Waals surface area contributed by atoms with E-state index in [-0.39, 0.29) is 73.5 Å². The fourth-order valence-electron chi connectivity index (χ4n) is 1.54. The summed E-state index contributed by atoms with van der Waals surface area (Å²) in [5, 5.41) is 14.1. The monoisotopic (exact) mass is 495 g/mol. The van der Waals surface area contributed by atoms with Crippen LogP contribution in [0.5, 0.6) is 0 Å². The van der Waals surface area contributed by atoms with Crippen LogP contribution in [-0.2, 0) is 16.1 Å². The molecule has 0 aliphatic carbocycles. The van der Waals surface area contributed by atoms with Gasteiger partial charge in [0.1, 0.15) is 11.2 Å². The molecule has 3 radical (unpaired) electrons. The molecule has 2 heterocycles. The van der Waals surface area contributed by atoms with Crippen LogP contribution in [0.15, 0.2) is 12.3 Å². The summed E-state index contributed by atoms with van der Waals surface area (Å²) in [5.74, 6) is 0. The molecule has 10 nitrogen and oxygen atoms in total. The molecule has 0 unspecified atom stereocenters. The zero-order chi connectivity index (χ0) is 24.7. The average molecular weight is 495 g/mol. The molecule has 171 valence electrons. The van der Waals surface area contributed by atoms with Gasteiger partial charge in [0.15, 0.2) is 16.5 Å². The van der Waals surface area contributed by atoms with Gasteiger partial charge in [-0.2, -0.15) is 0 Å². The van der Waals surface area contributed by atoms with Crippen LogP contribution in [0.4, 0.5) is 19.9 Å². The Hall–Kier alpha value is -1.51. The van der Waals surface area contributed by atoms with Crippen molar-refractivity contribution in [2.45, 2.75) is 59.4 Å². The Labute approximate surface area is 223 Å². The molecule has 0 fully saturated rings. The zero-order valence-corrected chi connectivity index (χ0v) is 22.7. The minimum atomic E-state index is -0.654. The Morgan fingerprint density at radius 3 is 1.84 bits per heavy atom. The fraction of sp³-hybridized carbons (Fsp3) is 0.500. The van der Waals surface area contributed by atoms with Gasteiger partial charge < -0.3 is 16.0 Å². The topological polar surface area (TPSA) is 140 Å². The molecule has 3 N–H and O–H groups in total. The first kappa shape index (κ1) is 28.5. The second kappa shape index (κ2) is 14.6. The number of aliphatic hydroxyl groups is 1. The SMILES string of the molecule is [2H]c1nc(NC(=O)OC(C)(C)C)sc1C=O.[2H]c1nc(NC(=O)OC(C)(C)C)sc1CO.[B].[H-].[Na+]. The molecular formula is C18H27BN4NaO6S2. The summed E-state index contributed by atoms with van der Waals surface area (Å²) in [6, 6.07) is 0. The summed E-state index contributed by atoms with van der Waals surface area (Å²) < 4.78 is 24.7. The molecule has 14 heteroatoms. The van der Waals surface area contributed by atoms with E-state index in [1.165, 1.54) is 0 Å². The second-order valence-corrected chi connectivity index (χ2v) is 9.69. The standard InChI is InChI=1S/C9H14N2O3S.C9H12N2O3S.B.Na.H/c2*1-9(2,3)14-8(13)11-7-10-4-6(5-12)15-7;;;/h4,12H,5H2,1-3H3,(H,10,11,13);4-5H,1-3H3,(H,10,11,13);;;/q;;;+1;-1/i2*4D;;;. The van der Waals surface area contributed by atoms with Gasteiger partial charge in [-0.25, -0.2) is 19.6 Å². The van der Waals surface area contributed by atoms with Crippen molar-refractivity contribution in [1.82, 2.24) is 9.97 Å². The van der Waals surface area contributed by atoms with E-state index < -0.39 is 23.4 Å². The third-order valence-corrected chi connectivity index (χ3v) is 4.09. The molecule has 32 heavy (non-hydrogen) atoms. The Kier molecular flexibility index (Phi) is 13.0. The number of thiazole rings is 2. The van der Waals surface area contributed by atoms with E-state index in [4.69, 9.17) is 17.3 Å². The molecule has 0 aliphatic heterocycles. The third kappa shape index (κ3) is 14.5. The zero-order valence-electron chi connectivity index (χ0n) is 22.1. The van der Waals surface area contributed by atoms with Gasteiger partial charge in [-0.15, -0.1) is 0 Å². The number of nitrogens with zero attached hydrogens (tertiary/aromatic N) is 2. The molecule has 2 amide bonds. The number of nitrogens with one attached hydrogen (secondary N) is 2. The number of aromatic nitrogens is 2. The predicted octanol–water partition coefficient (Wildman–Crippen LogP) is 1.02. The number of hydrogen-bond donors (Lipinski definition) is 3. The van der Waals surface area contributed by atoms with Gasteiger partial charge in [0.25, 0.3) is 0 Å². The maximum absolute atomic E-state index is 11.3. The summed E-state index contributed by atoms with van der Waals surface area (Å²) in [6.07, 6.45) is -0.922. The van der Waals surface area contributed by atoms with Crippen LogP contribution in [0.1, 0.15) is 60.3 Å². The van der Waals surface area contributed by atoms with Gasteiger partial charge in [0, 0.05) is 14.6 Å². The molecule has 0 saturated carbocycles. The molecule has 0 aromatic carbocycles.